The Balaban J connectivity index is 1.45. The molecule has 2 aromatic carbocycles. The van der Waals surface area contributed by atoms with Gasteiger partial charge in [-0.1, -0.05) is 37.3 Å². The first-order chi connectivity index (χ1) is 20.7. The maximum Gasteiger partial charge on any atom is 0.272 e. The molecule has 0 spiro atoms. The van der Waals surface area contributed by atoms with Crippen molar-refractivity contribution in [2.45, 2.75) is 57.7 Å². The van der Waals surface area contributed by atoms with Crippen molar-refractivity contribution in [3.05, 3.63) is 95.6 Å². The molecular formula is C33H40FN5O4. The maximum atomic E-state index is 13.5. The van der Waals surface area contributed by atoms with Crippen molar-refractivity contribution in [3.8, 4) is 0 Å². The van der Waals surface area contributed by atoms with Crippen LogP contribution >= 0.6 is 0 Å². The molecule has 10 heteroatoms. The van der Waals surface area contributed by atoms with Crippen LogP contribution in [-0.4, -0.2) is 65.5 Å². The highest BCUT2D eigenvalue weighted by atomic mass is 19.1. The molecule has 1 aliphatic rings. The van der Waals surface area contributed by atoms with Crippen LogP contribution in [0.5, 0.6) is 0 Å². The summed E-state index contributed by atoms with van der Waals surface area (Å²) < 4.78 is 18.8. The molecule has 3 amide bonds. The van der Waals surface area contributed by atoms with E-state index in [1.165, 1.54) is 36.5 Å². The second kappa shape index (κ2) is 15.4. The zero-order valence-electron chi connectivity index (χ0n) is 24.7. The van der Waals surface area contributed by atoms with E-state index in [2.05, 4.69) is 15.6 Å². The van der Waals surface area contributed by atoms with Crippen molar-refractivity contribution in [2.24, 2.45) is 11.7 Å². The van der Waals surface area contributed by atoms with Gasteiger partial charge in [0.05, 0.1) is 12.6 Å². The Morgan fingerprint density at radius 2 is 1.86 bits per heavy atom. The van der Waals surface area contributed by atoms with E-state index in [4.69, 9.17) is 10.5 Å². The predicted octanol–water partition coefficient (Wildman–Crippen LogP) is 4.20. The molecule has 1 saturated heterocycles. The fourth-order valence-corrected chi connectivity index (χ4v) is 5.27. The molecule has 4 N–H and O–H groups in total. The number of carbonyl (C=O) groups excluding carboxylic acids is 3. The van der Waals surface area contributed by atoms with Crippen LogP contribution in [0.4, 0.5) is 10.1 Å². The lowest BCUT2D eigenvalue weighted by molar-refractivity contribution is -0.119. The van der Waals surface area contributed by atoms with Gasteiger partial charge in [0.1, 0.15) is 11.5 Å². The van der Waals surface area contributed by atoms with Gasteiger partial charge in [-0.2, -0.15) is 0 Å². The summed E-state index contributed by atoms with van der Waals surface area (Å²) in [5.74, 6) is -1.74. The number of pyridine rings is 1. The summed E-state index contributed by atoms with van der Waals surface area (Å²) in [7, 11) is 0. The number of benzene rings is 2. The summed E-state index contributed by atoms with van der Waals surface area (Å²) in [6.45, 7) is 5.36. The van der Waals surface area contributed by atoms with E-state index in [0.717, 1.165) is 18.4 Å². The van der Waals surface area contributed by atoms with Gasteiger partial charge in [-0.05, 0) is 74.6 Å². The van der Waals surface area contributed by atoms with Gasteiger partial charge in [0.15, 0.2) is 0 Å². The van der Waals surface area contributed by atoms with Crippen LogP contribution in [0.2, 0.25) is 0 Å². The number of carbonyl (C=O) groups is 3. The summed E-state index contributed by atoms with van der Waals surface area (Å²) in [5.41, 5.74) is 8.59. The Labute approximate surface area is 252 Å². The van der Waals surface area contributed by atoms with Crippen molar-refractivity contribution in [3.63, 3.8) is 0 Å². The number of nitrogens with zero attached hydrogens (tertiary/aromatic N) is 2. The Hall–Kier alpha value is -4.15. The molecule has 228 valence electrons. The van der Waals surface area contributed by atoms with E-state index < -0.39 is 18.0 Å². The highest BCUT2D eigenvalue weighted by Crippen LogP contribution is 2.21. The Kier molecular flexibility index (Phi) is 11.4. The molecule has 2 heterocycles. The molecule has 0 unspecified atom stereocenters. The number of aromatic nitrogens is 1. The topological polar surface area (TPSA) is 127 Å². The second-order valence-electron chi connectivity index (χ2n) is 11.0. The number of likely N-dealkylation sites (tertiary alicyclic amines) is 1. The number of amides is 3. The molecule has 0 saturated carbocycles. The Bertz CT molecular complexity index is 1370. The smallest absolute Gasteiger partial charge is 0.272 e. The number of hydrogen-bond acceptors (Lipinski definition) is 6. The van der Waals surface area contributed by atoms with Crippen LogP contribution < -0.4 is 16.4 Å². The molecule has 0 bridgehead atoms. The highest BCUT2D eigenvalue weighted by molar-refractivity contribution is 5.99. The fourth-order valence-electron chi connectivity index (χ4n) is 5.27. The molecule has 1 aliphatic heterocycles. The minimum absolute atomic E-state index is 0.0118. The quantitative estimate of drug-likeness (QED) is 0.274. The average Bonchev–Trinajstić information content (AvgIpc) is 3.49. The van der Waals surface area contributed by atoms with Crippen LogP contribution in [0.15, 0.2) is 72.9 Å². The van der Waals surface area contributed by atoms with E-state index in [0.29, 0.717) is 43.9 Å². The lowest BCUT2D eigenvalue weighted by atomic mass is 9.92. The first-order valence-corrected chi connectivity index (χ1v) is 14.8. The largest absolute Gasteiger partial charge is 0.380 e. The number of nitrogens with two attached hydrogens (primary N) is 1. The van der Waals surface area contributed by atoms with Gasteiger partial charge in [-0.3, -0.25) is 19.4 Å². The number of hydrogen-bond donors (Lipinski definition) is 3. The highest BCUT2D eigenvalue weighted by Gasteiger charge is 2.31. The first kappa shape index (κ1) is 31.8. The van der Waals surface area contributed by atoms with Crippen LogP contribution in [0.25, 0.3) is 0 Å². The first-order valence-electron chi connectivity index (χ1n) is 14.8. The van der Waals surface area contributed by atoms with Gasteiger partial charge in [0.25, 0.3) is 11.8 Å². The summed E-state index contributed by atoms with van der Waals surface area (Å²) in [5, 5.41) is 5.83. The normalized spacial score (nSPS) is 16.7. The average molecular weight is 590 g/mol. The second-order valence-corrected chi connectivity index (χ2v) is 11.0. The van der Waals surface area contributed by atoms with Crippen LogP contribution in [-0.2, 0) is 16.0 Å². The zero-order valence-corrected chi connectivity index (χ0v) is 24.7. The van der Waals surface area contributed by atoms with E-state index in [-0.39, 0.29) is 35.3 Å². The SMILES string of the molecule is CCOC[C@H]1CCCN1C(=O)c1cc(C(=O)N[C@@H](Cc2ccccc2)[C@@H](N)C[C@@H](C)C(=O)Nc2ccc(F)cc2)ccn1. The fraction of sp³-hybridized carbons (Fsp3) is 0.394. The van der Waals surface area contributed by atoms with Crippen molar-refractivity contribution >= 4 is 23.4 Å². The van der Waals surface area contributed by atoms with Gasteiger partial charge >= 0.3 is 0 Å². The molecule has 0 aliphatic carbocycles. The summed E-state index contributed by atoms with van der Waals surface area (Å²) in [6, 6.07) is 17.2. The number of nitrogens with one attached hydrogen (secondary N) is 2. The monoisotopic (exact) mass is 589 g/mol. The Morgan fingerprint density at radius 1 is 1.12 bits per heavy atom. The number of ether oxygens (including phenoxy) is 1. The molecule has 1 fully saturated rings. The molecule has 0 radical (unpaired) electrons. The number of halogens is 1. The van der Waals surface area contributed by atoms with E-state index in [1.54, 1.807) is 17.9 Å². The minimum atomic E-state index is -0.565. The third kappa shape index (κ3) is 8.92. The summed E-state index contributed by atoms with van der Waals surface area (Å²) in [6.07, 6.45) is 3.96. The molecule has 43 heavy (non-hydrogen) atoms. The van der Waals surface area contributed by atoms with Crippen molar-refractivity contribution in [2.75, 3.05) is 25.1 Å². The summed E-state index contributed by atoms with van der Waals surface area (Å²) >= 11 is 0. The van der Waals surface area contributed by atoms with Gasteiger partial charge in [-0.15, -0.1) is 0 Å². The third-order valence-corrected chi connectivity index (χ3v) is 7.71. The number of rotatable bonds is 13. The van der Waals surface area contributed by atoms with Crippen LogP contribution in [0.3, 0.4) is 0 Å². The van der Waals surface area contributed by atoms with Crippen LogP contribution in [0, 0.1) is 11.7 Å². The lowest BCUT2D eigenvalue weighted by Crippen LogP contribution is -2.50. The van der Waals surface area contributed by atoms with E-state index in [9.17, 15) is 18.8 Å². The molecule has 4 atom stereocenters. The van der Waals surface area contributed by atoms with Crippen molar-refractivity contribution in [1.82, 2.24) is 15.2 Å². The van der Waals surface area contributed by atoms with Crippen molar-refractivity contribution in [1.29, 1.82) is 0 Å². The van der Waals surface area contributed by atoms with E-state index >= 15 is 0 Å². The van der Waals surface area contributed by atoms with Crippen molar-refractivity contribution < 1.29 is 23.5 Å². The van der Waals surface area contributed by atoms with E-state index in [1.807, 2.05) is 37.3 Å². The lowest BCUT2D eigenvalue weighted by Gasteiger charge is -2.27. The van der Waals surface area contributed by atoms with Crippen LogP contribution in [0.1, 0.15) is 59.5 Å². The zero-order chi connectivity index (χ0) is 30.8. The van der Waals surface area contributed by atoms with Gasteiger partial charge in [-0.25, -0.2) is 4.39 Å². The predicted molar refractivity (Wildman–Crippen MR) is 163 cm³/mol. The summed E-state index contributed by atoms with van der Waals surface area (Å²) in [4.78, 5) is 45.7. The number of anilines is 1. The van der Waals surface area contributed by atoms with Gasteiger partial charge < -0.3 is 26.0 Å². The standard InChI is InChI=1S/C33H40FN5O4/c1-3-43-21-27-10-7-17-39(27)33(42)30-20-24(15-16-36-30)32(41)38-29(19-23-8-5-4-6-9-23)28(35)18-22(2)31(40)37-26-13-11-25(34)12-14-26/h4-6,8-9,11-16,20,22,27-29H,3,7,10,17-19,21,35H2,1-2H3,(H,37,40)(H,38,41)/t22-,27-,28+,29+/m1/s1. The third-order valence-electron chi connectivity index (χ3n) is 7.71. The molecule has 4 rings (SSSR count). The molecule has 9 nitrogen and oxygen atoms in total. The molecule has 3 aromatic rings. The Morgan fingerprint density at radius 3 is 2.58 bits per heavy atom. The van der Waals surface area contributed by atoms with Gasteiger partial charge in [0, 0.05) is 48.6 Å². The molecule has 1 aromatic heterocycles. The van der Waals surface area contributed by atoms with Gasteiger partial charge in [0.2, 0.25) is 5.91 Å². The molecular weight excluding hydrogens is 549 g/mol. The maximum absolute atomic E-state index is 13.5. The minimum Gasteiger partial charge on any atom is -0.380 e.